The average molecular weight is 244 g/mol. The van der Waals surface area contributed by atoms with E-state index >= 15 is 0 Å². The maximum absolute atomic E-state index is 8.97. The normalized spacial score (nSPS) is 15.7. The molecule has 0 rings (SSSR count). The van der Waals surface area contributed by atoms with Gasteiger partial charge in [-0.3, -0.25) is 0 Å². The molecule has 3 heteroatoms. The van der Waals surface area contributed by atoms with Crippen molar-refractivity contribution in [1.82, 2.24) is 0 Å². The van der Waals surface area contributed by atoms with E-state index in [0.29, 0.717) is 6.42 Å². The van der Waals surface area contributed by atoms with Crippen molar-refractivity contribution in [3.63, 3.8) is 0 Å². The summed E-state index contributed by atoms with van der Waals surface area (Å²) in [5.74, 6) is 0. The highest BCUT2D eigenvalue weighted by Gasteiger charge is 2.16. The predicted octanol–water partition coefficient (Wildman–Crippen LogP) is 1.90. The smallest absolute Gasteiger partial charge is 0.156 e. The fourth-order valence-corrected chi connectivity index (χ4v) is 0.700. The van der Waals surface area contributed by atoms with Crippen LogP contribution < -0.4 is 0 Å². The van der Waals surface area contributed by atoms with Gasteiger partial charge in [-0.1, -0.05) is 6.92 Å². The largest absolute Gasteiger partial charge is 0.368 e. The molecular weight excluding hydrogens is 231 g/mol. The van der Waals surface area contributed by atoms with Crippen LogP contribution in [0, 0.1) is 0 Å². The van der Waals surface area contributed by atoms with Crippen LogP contribution in [0.1, 0.15) is 27.2 Å². The topological polar surface area (TPSA) is 29.5 Å². The summed E-state index contributed by atoms with van der Waals surface area (Å²) in [7, 11) is 0. The van der Waals surface area contributed by atoms with Crippen molar-refractivity contribution in [1.29, 1.82) is 0 Å². The Labute approximate surface area is 69.7 Å². The summed E-state index contributed by atoms with van der Waals surface area (Å²) in [4.78, 5) is 0. The molecule has 56 valence electrons. The fraction of sp³-hybridized carbons (Fsp3) is 1.00. The Balaban J connectivity index is 3.47. The first-order valence-corrected chi connectivity index (χ1v) is 4.08. The van der Waals surface area contributed by atoms with Gasteiger partial charge in [0.1, 0.15) is 3.61 Å². The number of ether oxygens (including phenoxy) is 1. The lowest BCUT2D eigenvalue weighted by atomic mass is 10.4. The maximum atomic E-state index is 8.97. The predicted molar refractivity (Wildman–Crippen MR) is 45.5 cm³/mol. The zero-order chi connectivity index (χ0) is 7.49. The van der Waals surface area contributed by atoms with Gasteiger partial charge < -0.3 is 9.84 Å². The lowest BCUT2D eigenvalue weighted by Gasteiger charge is -2.20. The second-order valence-corrected chi connectivity index (χ2v) is 4.94. The van der Waals surface area contributed by atoms with Crippen LogP contribution in [0.25, 0.3) is 0 Å². The molecule has 0 fully saturated rings. The molecule has 0 radical (unpaired) electrons. The summed E-state index contributed by atoms with van der Waals surface area (Å²) >= 11 is 2.13. The summed E-state index contributed by atoms with van der Waals surface area (Å²) in [6.07, 6.45) is 0.0313. The van der Waals surface area contributed by atoms with Gasteiger partial charge in [0, 0.05) is 0 Å². The molecule has 1 atom stereocenters. The monoisotopic (exact) mass is 244 g/mol. The van der Waals surface area contributed by atoms with Crippen molar-refractivity contribution in [2.75, 3.05) is 0 Å². The third kappa shape index (κ3) is 6.54. The molecule has 0 aliphatic rings. The Hall–Kier alpha value is 0.650. The molecule has 0 heterocycles. The van der Waals surface area contributed by atoms with Gasteiger partial charge in [-0.2, -0.15) is 0 Å². The number of rotatable bonds is 3. The van der Waals surface area contributed by atoms with E-state index in [9.17, 15) is 0 Å². The molecule has 0 spiro atoms. The van der Waals surface area contributed by atoms with Crippen molar-refractivity contribution >= 4 is 22.6 Å². The SMILES string of the molecule is CCC(O)OC(C)(C)I. The number of hydrogen-bond donors (Lipinski definition) is 1. The minimum absolute atomic E-state index is 0.257. The Morgan fingerprint density at radius 3 is 2.22 bits per heavy atom. The van der Waals surface area contributed by atoms with E-state index in [0.717, 1.165) is 0 Å². The number of aliphatic hydroxyl groups excluding tert-OH is 1. The van der Waals surface area contributed by atoms with Gasteiger partial charge in [0.05, 0.1) is 0 Å². The van der Waals surface area contributed by atoms with Crippen LogP contribution >= 0.6 is 22.6 Å². The molecule has 1 N–H and O–H groups in total. The molecular formula is C6H13IO2. The van der Waals surface area contributed by atoms with Gasteiger partial charge in [-0.05, 0) is 42.9 Å². The first-order chi connectivity index (χ1) is 3.95. The van der Waals surface area contributed by atoms with Crippen LogP contribution in [0.2, 0.25) is 0 Å². The second-order valence-electron chi connectivity index (χ2n) is 2.34. The number of hydrogen-bond acceptors (Lipinski definition) is 2. The Kier molecular flexibility index (Phi) is 4.00. The van der Waals surface area contributed by atoms with E-state index in [2.05, 4.69) is 22.6 Å². The van der Waals surface area contributed by atoms with E-state index in [1.54, 1.807) is 0 Å². The van der Waals surface area contributed by atoms with Crippen molar-refractivity contribution < 1.29 is 9.84 Å². The zero-order valence-corrected chi connectivity index (χ0v) is 8.18. The van der Waals surface area contributed by atoms with Crippen LogP contribution in [0.15, 0.2) is 0 Å². The van der Waals surface area contributed by atoms with Gasteiger partial charge in [-0.15, -0.1) is 0 Å². The molecule has 0 aromatic heterocycles. The van der Waals surface area contributed by atoms with Gasteiger partial charge >= 0.3 is 0 Å². The molecule has 0 aliphatic carbocycles. The van der Waals surface area contributed by atoms with E-state index < -0.39 is 6.29 Å². The number of halogens is 1. The maximum Gasteiger partial charge on any atom is 0.156 e. The number of aliphatic hydroxyl groups is 1. The van der Waals surface area contributed by atoms with Crippen LogP contribution in [-0.2, 0) is 4.74 Å². The summed E-state index contributed by atoms with van der Waals surface area (Å²) in [5.41, 5.74) is 0. The van der Waals surface area contributed by atoms with Gasteiger partial charge in [-0.25, -0.2) is 0 Å². The third-order valence-corrected chi connectivity index (χ3v) is 1.02. The quantitative estimate of drug-likeness (QED) is 0.466. The molecule has 1 unspecified atom stereocenters. The molecule has 0 aromatic rings. The van der Waals surface area contributed by atoms with E-state index in [1.165, 1.54) is 0 Å². The van der Waals surface area contributed by atoms with Crippen molar-refractivity contribution in [2.45, 2.75) is 37.1 Å². The first kappa shape index (κ1) is 9.65. The average Bonchev–Trinajstić information content (AvgIpc) is 1.62. The molecule has 0 saturated carbocycles. The van der Waals surface area contributed by atoms with E-state index in [1.807, 2.05) is 20.8 Å². The lowest BCUT2D eigenvalue weighted by molar-refractivity contribution is -0.132. The lowest BCUT2D eigenvalue weighted by Crippen LogP contribution is -2.23. The Morgan fingerprint density at radius 1 is 1.67 bits per heavy atom. The van der Waals surface area contributed by atoms with Crippen LogP contribution in [0.4, 0.5) is 0 Å². The molecule has 0 bridgehead atoms. The molecule has 2 nitrogen and oxygen atoms in total. The van der Waals surface area contributed by atoms with Crippen LogP contribution in [-0.4, -0.2) is 15.0 Å². The van der Waals surface area contributed by atoms with Gasteiger partial charge in [0.2, 0.25) is 0 Å². The van der Waals surface area contributed by atoms with Crippen LogP contribution in [0.5, 0.6) is 0 Å². The highest BCUT2D eigenvalue weighted by molar-refractivity contribution is 14.1. The van der Waals surface area contributed by atoms with Crippen molar-refractivity contribution in [3.8, 4) is 0 Å². The highest BCUT2D eigenvalue weighted by atomic mass is 127. The fourth-order valence-electron chi connectivity index (χ4n) is 0.407. The van der Waals surface area contributed by atoms with Crippen molar-refractivity contribution in [3.05, 3.63) is 0 Å². The van der Waals surface area contributed by atoms with Gasteiger partial charge in [0.25, 0.3) is 0 Å². The minimum atomic E-state index is -0.614. The summed E-state index contributed by atoms with van der Waals surface area (Å²) in [6.45, 7) is 5.70. The van der Waals surface area contributed by atoms with Crippen LogP contribution in [0.3, 0.4) is 0 Å². The molecule has 0 aliphatic heterocycles. The minimum Gasteiger partial charge on any atom is -0.368 e. The van der Waals surface area contributed by atoms with E-state index in [-0.39, 0.29) is 3.61 Å². The number of alkyl halides is 1. The van der Waals surface area contributed by atoms with Gasteiger partial charge in [0.15, 0.2) is 6.29 Å². The molecule has 0 saturated heterocycles. The molecule has 9 heavy (non-hydrogen) atoms. The Morgan fingerprint density at radius 2 is 2.11 bits per heavy atom. The first-order valence-electron chi connectivity index (χ1n) is 3.00. The zero-order valence-electron chi connectivity index (χ0n) is 6.02. The summed E-state index contributed by atoms with van der Waals surface area (Å²) < 4.78 is 4.87. The second kappa shape index (κ2) is 3.73. The summed E-state index contributed by atoms with van der Waals surface area (Å²) in [5, 5.41) is 8.97. The molecule has 0 aromatic carbocycles. The standard InChI is InChI=1S/C6H13IO2/c1-4-5(8)9-6(2,3)7/h5,8H,4H2,1-3H3. The van der Waals surface area contributed by atoms with Crippen molar-refractivity contribution in [2.24, 2.45) is 0 Å². The Bertz CT molecular complexity index is 77.6. The highest BCUT2D eigenvalue weighted by Crippen LogP contribution is 2.20. The third-order valence-electron chi connectivity index (χ3n) is 0.766. The summed E-state index contributed by atoms with van der Waals surface area (Å²) in [6, 6.07) is 0. The van der Waals surface area contributed by atoms with E-state index in [4.69, 9.17) is 9.84 Å². The molecule has 0 amide bonds.